The van der Waals surface area contributed by atoms with E-state index in [-0.39, 0.29) is 5.82 Å². The number of carboxylic acids is 4. The van der Waals surface area contributed by atoms with Crippen LogP contribution in [0.2, 0.25) is 0 Å². The number of anilines is 1. The molecule has 1 saturated heterocycles. The highest BCUT2D eigenvalue weighted by Crippen LogP contribution is 2.45. The average Bonchev–Trinajstić information content (AvgIpc) is 3.37. The Morgan fingerprint density at radius 2 is 1.12 bits per heavy atom. The second-order valence-corrected chi connectivity index (χ2v) is 11.5. The van der Waals surface area contributed by atoms with Crippen LogP contribution in [0.5, 0.6) is 0 Å². The first-order chi connectivity index (χ1) is 25.7. The number of nitrogens with zero attached hydrogens (tertiary/aromatic N) is 6. The van der Waals surface area contributed by atoms with Gasteiger partial charge in [-0.05, 0) is 55.5 Å². The van der Waals surface area contributed by atoms with Gasteiger partial charge in [-0.15, -0.1) is 10.2 Å². The summed E-state index contributed by atoms with van der Waals surface area (Å²) in [7, 11) is 0. The third-order valence-corrected chi connectivity index (χ3v) is 7.22. The van der Waals surface area contributed by atoms with Crippen LogP contribution in [-0.2, 0) is 19.2 Å². The van der Waals surface area contributed by atoms with Crippen molar-refractivity contribution in [1.82, 2.24) is 24.8 Å². The Morgan fingerprint density at radius 1 is 0.702 bits per heavy atom. The monoisotopic (exact) mass is 845 g/mol. The molecule has 15 nitrogen and oxygen atoms in total. The highest BCUT2D eigenvalue weighted by atomic mass is 19.4. The highest BCUT2D eigenvalue weighted by molar-refractivity contribution is 5.86. The number of aliphatic carboxylic acids is 4. The Labute approximate surface area is 307 Å². The lowest BCUT2D eigenvalue weighted by molar-refractivity contribution is -0.193. The van der Waals surface area contributed by atoms with Gasteiger partial charge >= 0.3 is 48.6 Å². The Morgan fingerprint density at radius 3 is 1.53 bits per heavy atom. The fourth-order valence-corrected chi connectivity index (χ4v) is 4.54. The van der Waals surface area contributed by atoms with Crippen LogP contribution in [0.15, 0.2) is 30.5 Å². The van der Waals surface area contributed by atoms with Crippen molar-refractivity contribution >= 4 is 46.2 Å². The van der Waals surface area contributed by atoms with E-state index in [1.807, 2.05) is 32.2 Å². The van der Waals surface area contributed by atoms with Crippen molar-refractivity contribution in [1.29, 1.82) is 0 Å². The van der Waals surface area contributed by atoms with E-state index in [9.17, 15) is 52.7 Å². The van der Waals surface area contributed by atoms with Gasteiger partial charge in [0.1, 0.15) is 5.82 Å². The molecule has 0 amide bonds. The number of rotatable bonds is 2. The number of hydrogen-bond acceptors (Lipinski definition) is 10. The van der Waals surface area contributed by atoms with Gasteiger partial charge in [-0.3, -0.25) is 0 Å². The van der Waals surface area contributed by atoms with Crippen LogP contribution in [0.3, 0.4) is 0 Å². The molecule has 4 heterocycles. The van der Waals surface area contributed by atoms with E-state index in [0.29, 0.717) is 45.9 Å². The molecule has 28 heteroatoms. The van der Waals surface area contributed by atoms with Crippen molar-refractivity contribution in [3.05, 3.63) is 47.5 Å². The molecule has 0 radical (unpaired) electrons. The summed E-state index contributed by atoms with van der Waals surface area (Å²) in [6.45, 7) is 5.65. The number of aromatic nitrogens is 5. The molecule has 0 bridgehead atoms. The van der Waals surface area contributed by atoms with Crippen LogP contribution in [-0.4, -0.2) is 113 Å². The molecule has 1 saturated carbocycles. The van der Waals surface area contributed by atoms with Gasteiger partial charge in [-0.2, -0.15) is 57.8 Å². The number of alkyl halides is 12. The summed E-state index contributed by atoms with van der Waals surface area (Å²) in [6, 6.07) is 7.38. The number of fused-ring (bicyclic) bond motifs is 3. The van der Waals surface area contributed by atoms with Crippen molar-refractivity contribution in [2.24, 2.45) is 17.6 Å². The number of carboxylic acid groups (broad SMARTS) is 4. The van der Waals surface area contributed by atoms with E-state index in [0.717, 1.165) is 30.0 Å². The molecule has 3 aromatic heterocycles. The molecule has 6 rings (SSSR count). The first-order valence-corrected chi connectivity index (χ1v) is 14.8. The molecule has 1 aliphatic heterocycles. The zero-order valence-corrected chi connectivity index (χ0v) is 28.1. The van der Waals surface area contributed by atoms with Crippen molar-refractivity contribution in [3.63, 3.8) is 0 Å². The van der Waals surface area contributed by atoms with E-state index in [2.05, 4.69) is 25.2 Å². The summed E-state index contributed by atoms with van der Waals surface area (Å²) in [5.74, 6) is -9.56. The lowest BCUT2D eigenvalue weighted by Crippen LogP contribution is -2.28. The fourth-order valence-electron chi connectivity index (χ4n) is 4.54. The Balaban J connectivity index is 0.000000328. The minimum Gasteiger partial charge on any atom is -0.475 e. The molecule has 2 fully saturated rings. The highest BCUT2D eigenvalue weighted by Gasteiger charge is 2.54. The SMILES string of the molecule is Cc1cn2nc(-c3cc(F)c4cc(N5C[C@@H]6C(N)[C@@H]6C5)nnc4c3)cc(C)c2n1.O=C(O)C(F)(F)F.O=C(O)C(F)(F)F.O=C(O)C(F)(F)F.O=C(O)C(F)(F)F. The molecule has 3 atom stereocenters. The normalized spacial score (nSPS) is 17.3. The lowest BCUT2D eigenvalue weighted by Gasteiger charge is -2.19. The number of aryl methyl sites for hydroxylation is 2. The molecular formula is C29H24F13N7O8. The maximum atomic E-state index is 15.0. The second kappa shape index (κ2) is 17.4. The van der Waals surface area contributed by atoms with E-state index in [1.54, 1.807) is 10.6 Å². The molecule has 2 aliphatic rings. The Bertz CT molecular complexity index is 2010. The number of imidazole rings is 1. The molecule has 1 aliphatic carbocycles. The quantitative estimate of drug-likeness (QED) is 0.167. The summed E-state index contributed by atoms with van der Waals surface area (Å²) in [5.41, 5.74) is 10.6. The van der Waals surface area contributed by atoms with Gasteiger partial charge in [0.15, 0.2) is 11.5 Å². The van der Waals surface area contributed by atoms with E-state index in [1.165, 1.54) is 6.07 Å². The van der Waals surface area contributed by atoms with Gasteiger partial charge in [0.25, 0.3) is 0 Å². The number of piperidine rings is 1. The lowest BCUT2D eigenvalue weighted by atomic mass is 10.1. The largest absolute Gasteiger partial charge is 0.490 e. The predicted molar refractivity (Wildman–Crippen MR) is 163 cm³/mol. The van der Waals surface area contributed by atoms with Gasteiger partial charge in [0.05, 0.1) is 23.1 Å². The zero-order valence-electron chi connectivity index (χ0n) is 28.1. The third kappa shape index (κ3) is 13.3. The smallest absolute Gasteiger partial charge is 0.475 e. The molecule has 57 heavy (non-hydrogen) atoms. The van der Waals surface area contributed by atoms with Gasteiger partial charge in [0, 0.05) is 30.1 Å². The molecular weight excluding hydrogens is 821 g/mol. The Hall–Kier alpha value is -6.09. The van der Waals surface area contributed by atoms with Crippen LogP contribution >= 0.6 is 0 Å². The van der Waals surface area contributed by atoms with E-state index >= 15 is 4.39 Å². The number of nitrogens with two attached hydrogens (primary N) is 1. The number of hydrogen-bond donors (Lipinski definition) is 5. The van der Waals surface area contributed by atoms with Crippen molar-refractivity contribution in [2.45, 2.75) is 44.6 Å². The minimum absolute atomic E-state index is 0.312. The van der Waals surface area contributed by atoms with Crippen molar-refractivity contribution in [3.8, 4) is 11.3 Å². The van der Waals surface area contributed by atoms with E-state index < -0.39 is 48.6 Å². The summed E-state index contributed by atoms with van der Waals surface area (Å²) in [5, 5.41) is 42.2. The van der Waals surface area contributed by atoms with Gasteiger partial charge in [-0.1, -0.05) is 0 Å². The van der Waals surface area contributed by atoms with Crippen LogP contribution in [0.25, 0.3) is 27.8 Å². The molecule has 1 unspecified atom stereocenters. The predicted octanol–water partition coefficient (Wildman–Crippen LogP) is 5.02. The van der Waals surface area contributed by atoms with Gasteiger partial charge in [-0.25, -0.2) is 33.1 Å². The number of halogens is 13. The van der Waals surface area contributed by atoms with Crippen molar-refractivity contribution in [2.75, 3.05) is 18.0 Å². The maximum absolute atomic E-state index is 15.0. The number of benzene rings is 1. The Kier molecular flexibility index (Phi) is 14.3. The second-order valence-electron chi connectivity index (χ2n) is 11.5. The third-order valence-electron chi connectivity index (χ3n) is 7.22. The topological polar surface area (TPSA) is 234 Å². The van der Waals surface area contributed by atoms with Gasteiger partial charge in [0.2, 0.25) is 0 Å². The summed E-state index contributed by atoms with van der Waals surface area (Å²) in [4.78, 5) is 42.2. The van der Waals surface area contributed by atoms with Crippen LogP contribution < -0.4 is 10.6 Å². The standard InChI is InChI=1S/C21H20FN7.4C2HF3O2/c1-10-3-17(27-29-7-11(2)24-21(10)29)12-4-16(22)13-6-19(26-25-18(13)5-12)28-8-14-15(9-28)20(14)23;4*3-2(4,5)1(6)7/h3-7,14-15,20H,8-9,23H2,1-2H3;4*(H,6,7)/t14-,15+,20?;;;;. The minimum atomic E-state index is -5.08. The van der Waals surface area contributed by atoms with Crippen LogP contribution in [0.1, 0.15) is 11.3 Å². The molecule has 0 spiro atoms. The average molecular weight is 846 g/mol. The summed E-state index contributed by atoms with van der Waals surface area (Å²) in [6.07, 6.45) is -18.5. The van der Waals surface area contributed by atoms with Gasteiger partial charge < -0.3 is 31.1 Å². The molecule has 1 aromatic carbocycles. The molecule has 4 aromatic rings. The summed E-state index contributed by atoms with van der Waals surface area (Å²) < 4.78 is 144. The first-order valence-electron chi connectivity index (χ1n) is 14.8. The zero-order chi connectivity index (χ0) is 44.2. The maximum Gasteiger partial charge on any atom is 0.490 e. The summed E-state index contributed by atoms with van der Waals surface area (Å²) >= 11 is 0. The van der Waals surface area contributed by atoms with Crippen LogP contribution in [0.4, 0.5) is 62.9 Å². The molecule has 314 valence electrons. The van der Waals surface area contributed by atoms with Crippen molar-refractivity contribution < 1.29 is 96.7 Å². The van der Waals surface area contributed by atoms with Crippen LogP contribution in [0, 0.1) is 31.5 Å². The fraction of sp³-hybridized carbons (Fsp3) is 0.379. The molecule has 6 N–H and O–H groups in total. The number of carbonyl (C=O) groups is 4. The van der Waals surface area contributed by atoms with E-state index in [4.69, 9.17) is 45.3 Å². The first kappa shape index (κ1) is 47.1.